The molecule has 7 nitrogen and oxygen atoms in total. The average Bonchev–Trinajstić information content (AvgIpc) is 3.48. The Kier molecular flexibility index (Phi) is 4.88. The van der Waals surface area contributed by atoms with Gasteiger partial charge < -0.3 is 14.2 Å². The van der Waals surface area contributed by atoms with Gasteiger partial charge in [0.1, 0.15) is 16.3 Å². The Bertz CT molecular complexity index is 1240. The van der Waals surface area contributed by atoms with E-state index in [1.165, 1.54) is 11.3 Å². The molecule has 1 N–H and O–H groups in total. The molecule has 0 amide bonds. The van der Waals surface area contributed by atoms with Crippen LogP contribution in [0.25, 0.3) is 20.7 Å². The molecule has 1 fully saturated rings. The van der Waals surface area contributed by atoms with Crippen LogP contribution < -0.4 is 10.3 Å². The Balaban J connectivity index is 1.43. The van der Waals surface area contributed by atoms with E-state index in [9.17, 15) is 4.79 Å². The Morgan fingerprint density at radius 2 is 2.13 bits per heavy atom. The first-order valence-electron chi connectivity index (χ1n) is 9.95. The Labute approximate surface area is 177 Å². The summed E-state index contributed by atoms with van der Waals surface area (Å²) in [6, 6.07) is 12.0. The van der Waals surface area contributed by atoms with E-state index in [1.54, 1.807) is 7.11 Å². The molecule has 8 heteroatoms. The maximum Gasteiger partial charge on any atom is 0.268 e. The van der Waals surface area contributed by atoms with E-state index >= 15 is 0 Å². The van der Waals surface area contributed by atoms with Crippen LogP contribution in [0.3, 0.4) is 0 Å². The Morgan fingerprint density at radius 1 is 1.30 bits per heavy atom. The number of hydrogen-bond acceptors (Lipinski definition) is 7. The number of H-pyrrole nitrogens is 1. The Morgan fingerprint density at radius 3 is 2.87 bits per heavy atom. The standard InChI is InChI=1S/C22H22N4O3S/c1-13-10-18(29-25-13)17-4-3-9-26(17)12-20-23-16-11-19(30-21(16)22(27)24-20)14-5-7-15(28-2)8-6-14/h5-8,10-11,17H,3-4,9,12H2,1-2H3,(H,23,24,27). The van der Waals surface area contributed by atoms with E-state index in [0.29, 0.717) is 17.1 Å². The SMILES string of the molecule is COc1ccc(-c2cc3nc(CN4CCCC4c4cc(C)no4)[nH]c(=O)c3s2)cc1. The smallest absolute Gasteiger partial charge is 0.268 e. The van der Waals surface area contributed by atoms with Crippen molar-refractivity contribution in [2.24, 2.45) is 0 Å². The second kappa shape index (κ2) is 7.70. The molecule has 4 heterocycles. The van der Waals surface area contributed by atoms with Crippen molar-refractivity contribution in [3.8, 4) is 16.2 Å². The minimum Gasteiger partial charge on any atom is -0.497 e. The van der Waals surface area contributed by atoms with Gasteiger partial charge in [0.2, 0.25) is 0 Å². The molecule has 1 saturated heterocycles. The minimum absolute atomic E-state index is 0.0916. The summed E-state index contributed by atoms with van der Waals surface area (Å²) in [6.07, 6.45) is 2.10. The van der Waals surface area contributed by atoms with Crippen molar-refractivity contribution in [3.05, 3.63) is 64.0 Å². The minimum atomic E-state index is -0.0916. The molecular formula is C22H22N4O3S. The highest BCUT2D eigenvalue weighted by atomic mass is 32.1. The van der Waals surface area contributed by atoms with Crippen molar-refractivity contribution >= 4 is 21.6 Å². The highest BCUT2D eigenvalue weighted by molar-refractivity contribution is 7.22. The number of aromatic nitrogens is 3. The third-order valence-corrected chi connectivity index (χ3v) is 6.67. The number of ether oxygens (including phenoxy) is 1. The number of nitrogens with zero attached hydrogens (tertiary/aromatic N) is 3. The topological polar surface area (TPSA) is 84.2 Å². The summed E-state index contributed by atoms with van der Waals surface area (Å²) in [4.78, 5) is 23.8. The fourth-order valence-corrected chi connectivity index (χ4v) is 5.03. The summed E-state index contributed by atoms with van der Waals surface area (Å²) in [5, 5.41) is 4.02. The number of likely N-dealkylation sites (tertiary alicyclic amines) is 1. The van der Waals surface area contributed by atoms with Gasteiger partial charge in [-0.1, -0.05) is 5.16 Å². The largest absolute Gasteiger partial charge is 0.497 e. The molecule has 0 radical (unpaired) electrons. The number of benzene rings is 1. The molecule has 1 atom stereocenters. The quantitative estimate of drug-likeness (QED) is 0.516. The van der Waals surface area contributed by atoms with Crippen LogP contribution in [0.2, 0.25) is 0 Å². The van der Waals surface area contributed by atoms with E-state index in [0.717, 1.165) is 52.5 Å². The monoisotopic (exact) mass is 422 g/mol. The second-order valence-electron chi connectivity index (χ2n) is 7.57. The van der Waals surface area contributed by atoms with Crippen LogP contribution >= 0.6 is 11.3 Å². The van der Waals surface area contributed by atoms with Gasteiger partial charge in [0.05, 0.1) is 30.9 Å². The van der Waals surface area contributed by atoms with Gasteiger partial charge >= 0.3 is 0 Å². The first-order chi connectivity index (χ1) is 14.6. The highest BCUT2D eigenvalue weighted by Gasteiger charge is 2.29. The normalized spacial score (nSPS) is 17.1. The molecule has 1 unspecified atom stereocenters. The molecule has 1 aliphatic rings. The van der Waals surface area contributed by atoms with E-state index in [2.05, 4.69) is 15.0 Å². The summed E-state index contributed by atoms with van der Waals surface area (Å²) in [6.45, 7) is 3.44. The summed E-state index contributed by atoms with van der Waals surface area (Å²) in [5.41, 5.74) is 2.57. The van der Waals surface area contributed by atoms with Gasteiger partial charge in [0.15, 0.2) is 5.76 Å². The summed E-state index contributed by atoms with van der Waals surface area (Å²) in [7, 11) is 1.65. The number of aryl methyl sites for hydroxylation is 1. The molecule has 5 rings (SSSR count). The van der Waals surface area contributed by atoms with Crippen molar-refractivity contribution in [1.29, 1.82) is 0 Å². The van der Waals surface area contributed by atoms with Crippen molar-refractivity contribution in [2.75, 3.05) is 13.7 Å². The Hall–Kier alpha value is -2.97. The first-order valence-corrected chi connectivity index (χ1v) is 10.8. The zero-order valence-corrected chi connectivity index (χ0v) is 17.7. The number of nitrogens with one attached hydrogen (secondary N) is 1. The number of hydrogen-bond donors (Lipinski definition) is 1. The number of aromatic amines is 1. The molecule has 1 aromatic carbocycles. The molecule has 0 aliphatic carbocycles. The van der Waals surface area contributed by atoms with Crippen molar-refractivity contribution < 1.29 is 9.26 Å². The van der Waals surface area contributed by atoms with E-state index in [1.807, 2.05) is 43.3 Å². The fraction of sp³-hybridized carbons (Fsp3) is 0.318. The molecule has 3 aromatic heterocycles. The summed E-state index contributed by atoms with van der Waals surface area (Å²) >= 11 is 1.46. The van der Waals surface area contributed by atoms with Crippen LogP contribution in [-0.2, 0) is 6.54 Å². The molecule has 0 saturated carbocycles. The number of fused-ring (bicyclic) bond motifs is 1. The van der Waals surface area contributed by atoms with Crippen LogP contribution in [0.4, 0.5) is 0 Å². The van der Waals surface area contributed by atoms with Gasteiger partial charge in [-0.2, -0.15) is 0 Å². The van der Waals surface area contributed by atoms with Crippen molar-refractivity contribution in [1.82, 2.24) is 20.0 Å². The van der Waals surface area contributed by atoms with E-state index in [4.69, 9.17) is 14.2 Å². The molecule has 30 heavy (non-hydrogen) atoms. The van der Waals surface area contributed by atoms with Gasteiger partial charge in [-0.3, -0.25) is 9.69 Å². The van der Waals surface area contributed by atoms with Crippen LogP contribution in [0.5, 0.6) is 5.75 Å². The third-order valence-electron chi connectivity index (χ3n) is 5.50. The van der Waals surface area contributed by atoms with Gasteiger partial charge in [0, 0.05) is 10.9 Å². The van der Waals surface area contributed by atoms with Crippen LogP contribution in [0.15, 0.2) is 45.7 Å². The van der Waals surface area contributed by atoms with Crippen LogP contribution in [-0.4, -0.2) is 33.7 Å². The van der Waals surface area contributed by atoms with Crippen molar-refractivity contribution in [2.45, 2.75) is 32.4 Å². The predicted molar refractivity (Wildman–Crippen MR) is 116 cm³/mol. The van der Waals surface area contributed by atoms with E-state index < -0.39 is 0 Å². The third kappa shape index (κ3) is 3.53. The van der Waals surface area contributed by atoms with Gasteiger partial charge in [0.25, 0.3) is 5.56 Å². The van der Waals surface area contributed by atoms with Gasteiger partial charge in [-0.05, 0) is 62.2 Å². The average molecular weight is 423 g/mol. The molecule has 0 bridgehead atoms. The lowest BCUT2D eigenvalue weighted by atomic mass is 10.1. The lowest BCUT2D eigenvalue weighted by Gasteiger charge is -2.21. The fourth-order valence-electron chi connectivity index (χ4n) is 4.03. The molecular weight excluding hydrogens is 400 g/mol. The molecule has 1 aliphatic heterocycles. The maximum absolute atomic E-state index is 12.7. The predicted octanol–water partition coefficient (Wildman–Crippen LogP) is 4.29. The lowest BCUT2D eigenvalue weighted by molar-refractivity contribution is 0.202. The first kappa shape index (κ1) is 19.0. The second-order valence-corrected chi connectivity index (χ2v) is 8.62. The van der Waals surface area contributed by atoms with Crippen molar-refractivity contribution in [3.63, 3.8) is 0 Å². The van der Waals surface area contributed by atoms with Crippen LogP contribution in [0, 0.1) is 6.92 Å². The number of methoxy groups -OCH3 is 1. The number of thiophene rings is 1. The zero-order valence-electron chi connectivity index (χ0n) is 16.8. The lowest BCUT2D eigenvalue weighted by Crippen LogP contribution is -2.25. The summed E-state index contributed by atoms with van der Waals surface area (Å²) in [5.74, 6) is 2.36. The van der Waals surface area contributed by atoms with Gasteiger partial charge in [-0.15, -0.1) is 11.3 Å². The maximum atomic E-state index is 12.7. The van der Waals surface area contributed by atoms with Gasteiger partial charge in [-0.25, -0.2) is 4.98 Å². The highest BCUT2D eigenvalue weighted by Crippen LogP contribution is 2.34. The van der Waals surface area contributed by atoms with Crippen LogP contribution in [0.1, 0.15) is 36.2 Å². The zero-order chi connectivity index (χ0) is 20.7. The number of rotatable bonds is 5. The summed E-state index contributed by atoms with van der Waals surface area (Å²) < 4.78 is 11.4. The van der Waals surface area contributed by atoms with E-state index in [-0.39, 0.29) is 11.6 Å². The molecule has 0 spiro atoms. The molecule has 4 aromatic rings. The molecule has 154 valence electrons.